The largest absolute Gasteiger partial charge is 0.481 e. The molecule has 0 aromatic carbocycles. The van der Waals surface area contributed by atoms with E-state index >= 15 is 0 Å². The van der Waals surface area contributed by atoms with E-state index in [9.17, 15) is 14.4 Å². The summed E-state index contributed by atoms with van der Waals surface area (Å²) in [4.78, 5) is 33.6. The Hall–Kier alpha value is -1.63. The van der Waals surface area contributed by atoms with Gasteiger partial charge in [-0.2, -0.15) is 0 Å². The minimum Gasteiger partial charge on any atom is -0.481 e. The minimum atomic E-state index is -0.959. The van der Waals surface area contributed by atoms with E-state index in [0.717, 1.165) is 6.42 Å². The Bertz CT molecular complexity index is 368. The molecule has 1 atom stereocenters. The molecule has 0 aromatic rings. The zero-order chi connectivity index (χ0) is 16.5. The molecule has 0 aliphatic carbocycles. The highest BCUT2D eigenvalue weighted by atomic mass is 16.5. The fourth-order valence-electron chi connectivity index (χ4n) is 1.69. The first-order valence-electron chi connectivity index (χ1n) is 6.94. The molecule has 1 unspecified atom stereocenters. The Morgan fingerprint density at radius 1 is 1.24 bits per heavy atom. The number of hydrogen-bond acceptors (Lipinski definition) is 4. The number of carbonyl (C=O) groups excluding carboxylic acids is 2. The molecular weight excluding hydrogens is 276 g/mol. The van der Waals surface area contributed by atoms with Gasteiger partial charge in [0.05, 0.1) is 0 Å². The second-order valence-corrected chi connectivity index (χ2v) is 6.05. The first-order valence-corrected chi connectivity index (χ1v) is 6.94. The number of aliphatic carboxylic acids is 1. The van der Waals surface area contributed by atoms with Crippen molar-refractivity contribution in [2.75, 3.05) is 20.3 Å². The summed E-state index contributed by atoms with van der Waals surface area (Å²) in [5, 5.41) is 13.4. The van der Waals surface area contributed by atoms with Gasteiger partial charge in [0.25, 0.3) is 0 Å². The minimum absolute atomic E-state index is 0.00673. The lowest BCUT2D eigenvalue weighted by atomic mass is 9.90. The van der Waals surface area contributed by atoms with Crippen molar-refractivity contribution in [3.8, 4) is 0 Å². The van der Waals surface area contributed by atoms with Crippen LogP contribution < -0.4 is 10.6 Å². The molecule has 0 aromatic heterocycles. The van der Waals surface area contributed by atoms with E-state index in [4.69, 9.17) is 9.84 Å². The summed E-state index contributed by atoms with van der Waals surface area (Å²) < 4.78 is 4.99. The van der Waals surface area contributed by atoms with E-state index in [1.165, 1.54) is 0 Å². The maximum Gasteiger partial charge on any atom is 0.321 e. The number of ether oxygens (including phenoxy) is 1. The van der Waals surface area contributed by atoms with Crippen molar-refractivity contribution in [3.05, 3.63) is 0 Å². The molecule has 7 heteroatoms. The molecule has 3 amide bonds. The van der Waals surface area contributed by atoms with Gasteiger partial charge in [-0.25, -0.2) is 4.79 Å². The number of carbonyl (C=O) groups is 3. The van der Waals surface area contributed by atoms with Crippen LogP contribution in [0.2, 0.25) is 0 Å². The average Bonchev–Trinajstić information content (AvgIpc) is 2.32. The van der Waals surface area contributed by atoms with Gasteiger partial charge in [-0.05, 0) is 17.8 Å². The van der Waals surface area contributed by atoms with E-state index in [-0.39, 0.29) is 24.2 Å². The van der Waals surface area contributed by atoms with Crippen LogP contribution in [0.25, 0.3) is 0 Å². The van der Waals surface area contributed by atoms with Crippen LogP contribution in [0.4, 0.5) is 4.79 Å². The van der Waals surface area contributed by atoms with Crippen LogP contribution in [0.3, 0.4) is 0 Å². The number of hydrogen-bond donors (Lipinski definition) is 3. The van der Waals surface area contributed by atoms with E-state index in [1.807, 2.05) is 13.8 Å². The predicted octanol–water partition coefficient (Wildman–Crippen LogP) is 1.38. The van der Waals surface area contributed by atoms with Crippen molar-refractivity contribution in [3.63, 3.8) is 0 Å². The summed E-state index contributed by atoms with van der Waals surface area (Å²) >= 11 is 0. The van der Waals surface area contributed by atoms with Gasteiger partial charge in [-0.15, -0.1) is 0 Å². The third-order valence-electron chi connectivity index (χ3n) is 3.02. The molecule has 0 aliphatic heterocycles. The summed E-state index contributed by atoms with van der Waals surface area (Å²) in [6.45, 7) is 6.65. The summed E-state index contributed by atoms with van der Waals surface area (Å²) in [5.41, 5.74) is -0.132. The number of urea groups is 1. The molecule has 122 valence electrons. The van der Waals surface area contributed by atoms with Crippen molar-refractivity contribution < 1.29 is 24.2 Å². The summed E-state index contributed by atoms with van der Waals surface area (Å²) in [6, 6.07) is -0.562. The molecule has 7 nitrogen and oxygen atoms in total. The quantitative estimate of drug-likeness (QED) is 0.597. The predicted molar refractivity (Wildman–Crippen MR) is 77.8 cm³/mol. The Balaban J connectivity index is 4.03. The lowest BCUT2D eigenvalue weighted by molar-refractivity contribution is -0.138. The number of carboxylic acids is 1. The Labute approximate surface area is 125 Å². The van der Waals surface area contributed by atoms with E-state index in [2.05, 4.69) is 10.6 Å². The smallest absolute Gasteiger partial charge is 0.321 e. The Kier molecular flexibility index (Phi) is 8.61. The molecule has 0 saturated heterocycles. The second kappa shape index (κ2) is 9.33. The van der Waals surface area contributed by atoms with Crippen LogP contribution in [0.15, 0.2) is 0 Å². The third-order valence-corrected chi connectivity index (χ3v) is 3.02. The molecule has 0 heterocycles. The van der Waals surface area contributed by atoms with Gasteiger partial charge < -0.3 is 15.2 Å². The molecule has 0 radical (unpaired) electrons. The van der Waals surface area contributed by atoms with Crippen LogP contribution in [0, 0.1) is 11.3 Å². The molecule has 0 aliphatic rings. The molecule has 21 heavy (non-hydrogen) atoms. The number of methoxy groups -OCH3 is 1. The highest BCUT2D eigenvalue weighted by Gasteiger charge is 2.20. The standard InChI is InChI=1S/C14H26N2O5/c1-10(8-12(18)19)7-11(17)16-13(20)15-9-14(2,3)5-6-21-4/h10H,5-9H2,1-4H3,(H,18,19)(H2,15,16,17,20). The zero-order valence-corrected chi connectivity index (χ0v) is 13.2. The van der Waals surface area contributed by atoms with E-state index in [1.54, 1.807) is 14.0 Å². The van der Waals surface area contributed by atoms with Crippen molar-refractivity contribution in [2.45, 2.75) is 40.0 Å². The van der Waals surface area contributed by atoms with Gasteiger partial charge in [-0.1, -0.05) is 20.8 Å². The van der Waals surface area contributed by atoms with Gasteiger partial charge in [0.15, 0.2) is 0 Å². The van der Waals surface area contributed by atoms with Crippen LogP contribution in [-0.2, 0) is 14.3 Å². The zero-order valence-electron chi connectivity index (χ0n) is 13.2. The Morgan fingerprint density at radius 2 is 1.86 bits per heavy atom. The fraction of sp³-hybridized carbons (Fsp3) is 0.786. The number of amides is 3. The fourth-order valence-corrected chi connectivity index (χ4v) is 1.69. The van der Waals surface area contributed by atoms with Crippen LogP contribution in [0.5, 0.6) is 0 Å². The molecule has 0 rings (SSSR count). The molecule has 0 fully saturated rings. The van der Waals surface area contributed by atoms with Crippen molar-refractivity contribution in [1.82, 2.24) is 10.6 Å². The van der Waals surface area contributed by atoms with Gasteiger partial charge in [0, 0.05) is 33.1 Å². The highest BCUT2D eigenvalue weighted by Crippen LogP contribution is 2.18. The highest BCUT2D eigenvalue weighted by molar-refractivity contribution is 5.94. The van der Waals surface area contributed by atoms with Gasteiger partial charge >= 0.3 is 12.0 Å². The lowest BCUT2D eigenvalue weighted by Gasteiger charge is -2.24. The summed E-state index contributed by atoms with van der Waals surface area (Å²) in [7, 11) is 1.62. The van der Waals surface area contributed by atoms with Crippen LogP contribution in [-0.4, -0.2) is 43.3 Å². The molecule has 0 spiro atoms. The summed E-state index contributed by atoms with van der Waals surface area (Å²) in [5.74, 6) is -1.75. The van der Waals surface area contributed by atoms with Crippen LogP contribution in [0.1, 0.15) is 40.0 Å². The topological polar surface area (TPSA) is 105 Å². The molecule has 3 N–H and O–H groups in total. The van der Waals surface area contributed by atoms with Gasteiger partial charge in [0.1, 0.15) is 0 Å². The van der Waals surface area contributed by atoms with E-state index < -0.39 is 17.9 Å². The number of carboxylic acid groups (broad SMARTS) is 1. The lowest BCUT2D eigenvalue weighted by Crippen LogP contribution is -2.43. The Morgan fingerprint density at radius 3 is 2.38 bits per heavy atom. The van der Waals surface area contributed by atoms with Gasteiger partial charge in [-0.3, -0.25) is 14.9 Å². The first-order chi connectivity index (χ1) is 9.66. The van der Waals surface area contributed by atoms with Crippen LogP contribution >= 0.6 is 0 Å². The number of rotatable bonds is 9. The SMILES string of the molecule is COCCC(C)(C)CNC(=O)NC(=O)CC(C)CC(=O)O. The maximum absolute atomic E-state index is 11.6. The summed E-state index contributed by atoms with van der Waals surface area (Å²) in [6.07, 6.45) is 0.694. The third kappa shape index (κ3) is 10.8. The van der Waals surface area contributed by atoms with Crippen molar-refractivity contribution in [2.24, 2.45) is 11.3 Å². The second-order valence-electron chi connectivity index (χ2n) is 6.05. The van der Waals surface area contributed by atoms with E-state index in [0.29, 0.717) is 13.2 Å². The van der Waals surface area contributed by atoms with Crippen molar-refractivity contribution in [1.29, 1.82) is 0 Å². The van der Waals surface area contributed by atoms with Crippen molar-refractivity contribution >= 4 is 17.9 Å². The first kappa shape index (κ1) is 19.4. The monoisotopic (exact) mass is 302 g/mol. The van der Waals surface area contributed by atoms with Gasteiger partial charge in [0.2, 0.25) is 5.91 Å². The molecule has 0 saturated carbocycles. The average molecular weight is 302 g/mol. The molecular formula is C14H26N2O5. The molecule has 0 bridgehead atoms. The number of imide groups is 1. The number of nitrogens with one attached hydrogen (secondary N) is 2. The normalized spacial score (nSPS) is 12.6. The maximum atomic E-state index is 11.6.